The summed E-state index contributed by atoms with van der Waals surface area (Å²) in [6.45, 7) is 2.34. The first-order valence-electron chi connectivity index (χ1n) is 2.71. The van der Waals surface area contributed by atoms with Crippen LogP contribution in [0.4, 0.5) is 0 Å². The number of ether oxygens (including phenoxy) is 1. The molecule has 0 heterocycles. The second-order valence-corrected chi connectivity index (χ2v) is 2.97. The summed E-state index contributed by atoms with van der Waals surface area (Å²) < 4.78 is 24.8. The van der Waals surface area contributed by atoms with E-state index in [1.54, 1.807) is 7.11 Å². The molecule has 0 aliphatic heterocycles. The standard InChI is InChI=1S/C5H12O3S.Na/c1-5(3-8-2)4-9(6)7;/h5H,3-4H2,1-2H3,(H,6,7);/q;+1/p-1. The van der Waals surface area contributed by atoms with Crippen LogP contribution in [0.1, 0.15) is 6.92 Å². The Morgan fingerprint density at radius 3 is 2.50 bits per heavy atom. The van der Waals surface area contributed by atoms with Crippen LogP contribution in [0, 0.1) is 5.92 Å². The third-order valence-electron chi connectivity index (χ3n) is 0.872. The van der Waals surface area contributed by atoms with Crippen molar-refractivity contribution >= 4 is 11.1 Å². The number of hydrogen-bond donors (Lipinski definition) is 0. The average molecular weight is 174 g/mol. The van der Waals surface area contributed by atoms with Gasteiger partial charge in [-0.05, 0) is 5.92 Å². The van der Waals surface area contributed by atoms with Gasteiger partial charge in [-0.15, -0.1) is 0 Å². The quantitative estimate of drug-likeness (QED) is 0.340. The Bertz CT molecular complexity index is 98.9. The zero-order chi connectivity index (χ0) is 7.28. The Balaban J connectivity index is 0. The molecule has 0 aliphatic rings. The van der Waals surface area contributed by atoms with E-state index in [1.807, 2.05) is 6.92 Å². The molecule has 0 saturated carbocycles. The van der Waals surface area contributed by atoms with Crippen LogP contribution in [0.2, 0.25) is 0 Å². The van der Waals surface area contributed by atoms with E-state index in [2.05, 4.69) is 0 Å². The van der Waals surface area contributed by atoms with Gasteiger partial charge in [0.2, 0.25) is 0 Å². The molecule has 0 aromatic rings. The van der Waals surface area contributed by atoms with Crippen LogP contribution < -0.4 is 29.6 Å². The van der Waals surface area contributed by atoms with Gasteiger partial charge in [0.15, 0.2) is 0 Å². The maximum Gasteiger partial charge on any atom is 1.00 e. The van der Waals surface area contributed by atoms with Crippen LogP contribution in [0.5, 0.6) is 0 Å². The second kappa shape index (κ2) is 8.17. The maximum absolute atomic E-state index is 10.0. The molecule has 0 aromatic carbocycles. The fraction of sp³-hybridized carbons (Fsp3) is 1.00. The minimum Gasteiger partial charge on any atom is -0.772 e. The Labute approximate surface area is 86.1 Å². The molecule has 0 aliphatic carbocycles. The van der Waals surface area contributed by atoms with Crippen LogP contribution in [-0.4, -0.2) is 28.2 Å². The van der Waals surface area contributed by atoms with Crippen molar-refractivity contribution in [1.29, 1.82) is 0 Å². The molecule has 0 amide bonds. The molecule has 0 radical (unpaired) electrons. The minimum atomic E-state index is -1.93. The molecule has 0 fully saturated rings. The Morgan fingerprint density at radius 1 is 1.70 bits per heavy atom. The molecular weight excluding hydrogens is 163 g/mol. The van der Waals surface area contributed by atoms with Crippen LogP contribution >= 0.6 is 0 Å². The van der Waals surface area contributed by atoms with E-state index in [0.717, 1.165) is 0 Å². The summed E-state index contributed by atoms with van der Waals surface area (Å²) in [4.78, 5) is 0. The van der Waals surface area contributed by atoms with E-state index in [4.69, 9.17) is 4.74 Å². The zero-order valence-electron chi connectivity index (χ0n) is 6.62. The minimum absolute atomic E-state index is 0. The van der Waals surface area contributed by atoms with Gasteiger partial charge in [0.05, 0.1) is 0 Å². The van der Waals surface area contributed by atoms with Crippen molar-refractivity contribution in [3.8, 4) is 0 Å². The molecule has 3 nitrogen and oxygen atoms in total. The Hall–Kier alpha value is 1.07. The summed E-state index contributed by atoms with van der Waals surface area (Å²) in [5, 5.41) is 0. The summed E-state index contributed by atoms with van der Waals surface area (Å²) in [5.74, 6) is 0.293. The van der Waals surface area contributed by atoms with Crippen molar-refractivity contribution < 1.29 is 43.1 Å². The van der Waals surface area contributed by atoms with Gasteiger partial charge >= 0.3 is 29.6 Å². The van der Waals surface area contributed by atoms with Crippen LogP contribution in [-0.2, 0) is 15.8 Å². The van der Waals surface area contributed by atoms with Crippen molar-refractivity contribution in [2.45, 2.75) is 6.92 Å². The van der Waals surface area contributed by atoms with E-state index < -0.39 is 11.1 Å². The van der Waals surface area contributed by atoms with Crippen molar-refractivity contribution in [3.05, 3.63) is 0 Å². The molecule has 0 rings (SSSR count). The van der Waals surface area contributed by atoms with Gasteiger partial charge in [0.1, 0.15) is 0 Å². The van der Waals surface area contributed by atoms with Gasteiger partial charge in [-0.25, -0.2) is 0 Å². The van der Waals surface area contributed by atoms with Gasteiger partial charge in [-0.1, -0.05) is 18.0 Å². The van der Waals surface area contributed by atoms with Crippen molar-refractivity contribution in [2.24, 2.45) is 5.92 Å². The van der Waals surface area contributed by atoms with Crippen molar-refractivity contribution in [2.75, 3.05) is 19.5 Å². The molecular formula is C5H11NaO3S. The molecule has 2 unspecified atom stereocenters. The maximum atomic E-state index is 10.0. The SMILES string of the molecule is COCC(C)CS(=O)[O-].[Na+]. The fourth-order valence-electron chi connectivity index (χ4n) is 0.565. The topological polar surface area (TPSA) is 49.4 Å². The summed E-state index contributed by atoms with van der Waals surface area (Å²) in [6, 6.07) is 0. The first-order valence-corrected chi connectivity index (χ1v) is 3.96. The summed E-state index contributed by atoms with van der Waals surface area (Å²) in [7, 11) is 1.56. The average Bonchev–Trinajstić information content (AvgIpc) is 1.63. The summed E-state index contributed by atoms with van der Waals surface area (Å²) in [6.07, 6.45) is 0. The number of methoxy groups -OCH3 is 1. The molecule has 0 N–H and O–H groups in total. The first-order chi connectivity index (χ1) is 4.16. The Morgan fingerprint density at radius 2 is 2.20 bits per heavy atom. The second-order valence-electron chi connectivity index (χ2n) is 2.03. The van der Waals surface area contributed by atoms with Gasteiger partial charge in [0, 0.05) is 19.5 Å². The van der Waals surface area contributed by atoms with Crippen molar-refractivity contribution in [1.82, 2.24) is 0 Å². The third-order valence-corrected chi connectivity index (χ3v) is 1.71. The first kappa shape index (κ1) is 13.6. The van der Waals surface area contributed by atoms with Gasteiger partial charge in [-0.3, -0.25) is 4.21 Å². The normalized spacial score (nSPS) is 15.5. The smallest absolute Gasteiger partial charge is 0.772 e. The largest absolute Gasteiger partial charge is 1.00 e. The van der Waals surface area contributed by atoms with Gasteiger partial charge < -0.3 is 9.29 Å². The van der Waals surface area contributed by atoms with E-state index in [0.29, 0.717) is 6.61 Å². The Kier molecular flexibility index (Phi) is 11.1. The summed E-state index contributed by atoms with van der Waals surface area (Å²) in [5.41, 5.74) is 0. The van der Waals surface area contributed by atoms with Crippen molar-refractivity contribution in [3.63, 3.8) is 0 Å². The molecule has 10 heavy (non-hydrogen) atoms. The molecule has 0 aromatic heterocycles. The number of rotatable bonds is 4. The summed E-state index contributed by atoms with van der Waals surface area (Å²) >= 11 is -1.93. The van der Waals surface area contributed by atoms with Gasteiger partial charge in [0.25, 0.3) is 0 Å². The van der Waals surface area contributed by atoms with Gasteiger partial charge in [-0.2, -0.15) is 0 Å². The molecule has 0 bridgehead atoms. The van der Waals surface area contributed by atoms with E-state index in [-0.39, 0.29) is 41.2 Å². The van der Waals surface area contributed by atoms with E-state index in [1.165, 1.54) is 0 Å². The fourth-order valence-corrected chi connectivity index (χ4v) is 1.13. The van der Waals surface area contributed by atoms with E-state index in [9.17, 15) is 8.76 Å². The number of hydrogen-bond acceptors (Lipinski definition) is 3. The van der Waals surface area contributed by atoms with Crippen LogP contribution in [0.15, 0.2) is 0 Å². The molecule has 56 valence electrons. The van der Waals surface area contributed by atoms with Crippen LogP contribution in [0.25, 0.3) is 0 Å². The monoisotopic (exact) mass is 174 g/mol. The zero-order valence-corrected chi connectivity index (χ0v) is 9.44. The molecule has 2 atom stereocenters. The molecule has 0 saturated heterocycles. The molecule has 5 heteroatoms. The molecule has 0 spiro atoms. The third kappa shape index (κ3) is 9.07. The van der Waals surface area contributed by atoms with E-state index >= 15 is 0 Å². The predicted octanol–water partition coefficient (Wildman–Crippen LogP) is -2.85. The predicted molar refractivity (Wildman–Crippen MR) is 34.8 cm³/mol. The van der Waals surface area contributed by atoms with Crippen LogP contribution in [0.3, 0.4) is 0 Å².